The standard InChI is InChI=1S/C22H38N4O2.HI/c1-5-23-22(24-15-19-9-7-8-10-20(19)17-27-6-2)25-16-21(18(3)4)26-11-13-28-14-12-26;/h7-10,18,21H,5-6,11-17H2,1-4H3,(H2,23,24,25);1H. The number of aliphatic imine (C=N–C) groups is 1. The van der Waals surface area contributed by atoms with Crippen LogP contribution >= 0.6 is 24.0 Å². The summed E-state index contributed by atoms with van der Waals surface area (Å²) in [5, 5.41) is 6.93. The number of hydrogen-bond donors (Lipinski definition) is 2. The minimum absolute atomic E-state index is 0. The topological polar surface area (TPSA) is 58.1 Å². The molecule has 1 aromatic carbocycles. The molecule has 0 aliphatic carbocycles. The largest absolute Gasteiger partial charge is 0.379 e. The van der Waals surface area contributed by atoms with Crippen molar-refractivity contribution < 1.29 is 9.47 Å². The molecule has 1 heterocycles. The van der Waals surface area contributed by atoms with Crippen LogP contribution in [0, 0.1) is 5.92 Å². The van der Waals surface area contributed by atoms with Crippen LogP contribution in [0.4, 0.5) is 0 Å². The van der Waals surface area contributed by atoms with Crippen LogP contribution in [0.5, 0.6) is 0 Å². The molecular weight excluding hydrogens is 479 g/mol. The highest BCUT2D eigenvalue weighted by Crippen LogP contribution is 2.13. The molecule has 1 unspecified atom stereocenters. The normalized spacial score (nSPS) is 16.4. The number of ether oxygens (including phenoxy) is 2. The van der Waals surface area contributed by atoms with E-state index in [9.17, 15) is 0 Å². The molecule has 166 valence electrons. The highest BCUT2D eigenvalue weighted by Gasteiger charge is 2.23. The number of guanidine groups is 1. The summed E-state index contributed by atoms with van der Waals surface area (Å²) in [6.07, 6.45) is 0. The Morgan fingerprint density at radius 3 is 2.45 bits per heavy atom. The van der Waals surface area contributed by atoms with E-state index in [0.29, 0.717) is 25.1 Å². The number of nitrogens with zero attached hydrogens (tertiary/aromatic N) is 2. The molecule has 0 aromatic heterocycles. The molecule has 1 aliphatic heterocycles. The van der Waals surface area contributed by atoms with Gasteiger partial charge in [0, 0.05) is 38.8 Å². The Kier molecular flexibility index (Phi) is 13.5. The van der Waals surface area contributed by atoms with E-state index in [1.807, 2.05) is 6.92 Å². The van der Waals surface area contributed by atoms with Gasteiger partial charge in [-0.1, -0.05) is 38.1 Å². The second-order valence-electron chi connectivity index (χ2n) is 7.44. The van der Waals surface area contributed by atoms with Crippen molar-refractivity contribution >= 4 is 29.9 Å². The van der Waals surface area contributed by atoms with E-state index >= 15 is 0 Å². The van der Waals surface area contributed by atoms with E-state index in [0.717, 1.165) is 52.0 Å². The predicted octanol–water partition coefficient (Wildman–Crippen LogP) is 3.25. The molecule has 0 radical (unpaired) electrons. The number of hydrogen-bond acceptors (Lipinski definition) is 4. The molecule has 29 heavy (non-hydrogen) atoms. The molecule has 1 aliphatic rings. The third-order valence-electron chi connectivity index (χ3n) is 5.09. The molecule has 1 aromatic rings. The Morgan fingerprint density at radius 1 is 1.14 bits per heavy atom. The maximum Gasteiger partial charge on any atom is 0.191 e. The smallest absolute Gasteiger partial charge is 0.191 e. The third kappa shape index (κ3) is 9.19. The molecule has 0 saturated carbocycles. The van der Waals surface area contributed by atoms with E-state index in [1.165, 1.54) is 11.1 Å². The maximum absolute atomic E-state index is 5.59. The van der Waals surface area contributed by atoms with Gasteiger partial charge >= 0.3 is 0 Å². The second-order valence-corrected chi connectivity index (χ2v) is 7.44. The molecule has 6 nitrogen and oxygen atoms in total. The van der Waals surface area contributed by atoms with Gasteiger partial charge in [0.25, 0.3) is 0 Å². The minimum Gasteiger partial charge on any atom is -0.379 e. The molecule has 0 amide bonds. The molecule has 1 saturated heterocycles. The highest BCUT2D eigenvalue weighted by molar-refractivity contribution is 14.0. The fraction of sp³-hybridized carbons (Fsp3) is 0.682. The number of benzene rings is 1. The first-order chi connectivity index (χ1) is 13.7. The summed E-state index contributed by atoms with van der Waals surface area (Å²) in [7, 11) is 0. The quantitative estimate of drug-likeness (QED) is 0.283. The van der Waals surface area contributed by atoms with Crippen LogP contribution in [0.15, 0.2) is 29.3 Å². The first kappa shape index (κ1) is 26.1. The molecule has 7 heteroatoms. The number of halogens is 1. The van der Waals surface area contributed by atoms with E-state index in [2.05, 4.69) is 60.6 Å². The summed E-state index contributed by atoms with van der Waals surface area (Å²) in [6.45, 7) is 16.1. The number of rotatable bonds is 10. The van der Waals surface area contributed by atoms with Crippen LogP contribution in [-0.2, 0) is 22.6 Å². The summed E-state index contributed by atoms with van der Waals surface area (Å²) in [6, 6.07) is 8.84. The summed E-state index contributed by atoms with van der Waals surface area (Å²) in [5.41, 5.74) is 2.42. The van der Waals surface area contributed by atoms with Crippen molar-refractivity contribution in [1.82, 2.24) is 15.5 Å². The average molecular weight is 518 g/mol. The van der Waals surface area contributed by atoms with E-state index in [1.54, 1.807) is 0 Å². The van der Waals surface area contributed by atoms with Crippen molar-refractivity contribution in [3.05, 3.63) is 35.4 Å². The molecule has 1 atom stereocenters. The first-order valence-electron chi connectivity index (χ1n) is 10.6. The van der Waals surface area contributed by atoms with Gasteiger partial charge in [-0.2, -0.15) is 0 Å². The van der Waals surface area contributed by atoms with Crippen molar-refractivity contribution in [3.8, 4) is 0 Å². The van der Waals surface area contributed by atoms with Crippen LogP contribution in [0.3, 0.4) is 0 Å². The average Bonchev–Trinajstić information content (AvgIpc) is 2.71. The van der Waals surface area contributed by atoms with Crippen LogP contribution < -0.4 is 10.6 Å². The van der Waals surface area contributed by atoms with Gasteiger partial charge in [-0.05, 0) is 30.9 Å². The monoisotopic (exact) mass is 518 g/mol. The lowest BCUT2D eigenvalue weighted by Crippen LogP contribution is -2.52. The third-order valence-corrected chi connectivity index (χ3v) is 5.09. The number of morpholine rings is 1. The maximum atomic E-state index is 5.59. The van der Waals surface area contributed by atoms with Crippen molar-refractivity contribution in [1.29, 1.82) is 0 Å². The Hall–Kier alpha value is -0.900. The molecule has 2 rings (SSSR count). The summed E-state index contributed by atoms with van der Waals surface area (Å²) in [4.78, 5) is 7.35. The molecule has 0 spiro atoms. The fourth-order valence-corrected chi connectivity index (χ4v) is 3.47. The van der Waals surface area contributed by atoms with Crippen LogP contribution in [0.2, 0.25) is 0 Å². The van der Waals surface area contributed by atoms with Gasteiger partial charge in [-0.3, -0.25) is 4.90 Å². The van der Waals surface area contributed by atoms with E-state index in [4.69, 9.17) is 14.5 Å². The van der Waals surface area contributed by atoms with Gasteiger partial charge in [0.15, 0.2) is 5.96 Å². The lowest BCUT2D eigenvalue weighted by Gasteiger charge is -2.37. The van der Waals surface area contributed by atoms with E-state index in [-0.39, 0.29) is 24.0 Å². The van der Waals surface area contributed by atoms with Crippen molar-refractivity contribution in [2.75, 3.05) is 46.0 Å². The lowest BCUT2D eigenvalue weighted by molar-refractivity contribution is 0.00752. The fourth-order valence-electron chi connectivity index (χ4n) is 3.47. The minimum atomic E-state index is 0. The van der Waals surface area contributed by atoms with Crippen LogP contribution in [0.1, 0.15) is 38.8 Å². The van der Waals surface area contributed by atoms with Gasteiger partial charge in [0.05, 0.1) is 26.4 Å². The Morgan fingerprint density at radius 2 is 1.83 bits per heavy atom. The molecule has 0 bridgehead atoms. The first-order valence-corrected chi connectivity index (χ1v) is 10.6. The Bertz CT molecular complexity index is 592. The highest BCUT2D eigenvalue weighted by atomic mass is 127. The molecule has 1 fully saturated rings. The van der Waals surface area contributed by atoms with E-state index < -0.39 is 0 Å². The zero-order valence-corrected chi connectivity index (χ0v) is 20.8. The van der Waals surface area contributed by atoms with Crippen molar-refractivity contribution in [2.45, 2.75) is 46.9 Å². The van der Waals surface area contributed by atoms with Gasteiger partial charge < -0.3 is 20.1 Å². The number of nitrogens with one attached hydrogen (secondary N) is 2. The Balaban J connectivity index is 0.00000420. The van der Waals surface area contributed by atoms with Crippen LogP contribution in [-0.4, -0.2) is 62.9 Å². The molecule has 2 N–H and O–H groups in total. The lowest BCUT2D eigenvalue weighted by atomic mass is 10.0. The van der Waals surface area contributed by atoms with Crippen molar-refractivity contribution in [3.63, 3.8) is 0 Å². The van der Waals surface area contributed by atoms with Crippen LogP contribution in [0.25, 0.3) is 0 Å². The van der Waals surface area contributed by atoms with Gasteiger partial charge in [0.1, 0.15) is 0 Å². The Labute approximate surface area is 193 Å². The van der Waals surface area contributed by atoms with Gasteiger partial charge in [-0.15, -0.1) is 24.0 Å². The summed E-state index contributed by atoms with van der Waals surface area (Å²) < 4.78 is 11.1. The second kappa shape index (κ2) is 15.0. The summed E-state index contributed by atoms with van der Waals surface area (Å²) >= 11 is 0. The van der Waals surface area contributed by atoms with Crippen molar-refractivity contribution in [2.24, 2.45) is 10.9 Å². The predicted molar refractivity (Wildman–Crippen MR) is 131 cm³/mol. The summed E-state index contributed by atoms with van der Waals surface area (Å²) in [5.74, 6) is 1.44. The zero-order chi connectivity index (χ0) is 20.2. The van der Waals surface area contributed by atoms with Gasteiger partial charge in [-0.25, -0.2) is 4.99 Å². The SMILES string of the molecule is CCNC(=NCc1ccccc1COCC)NCC(C(C)C)N1CCOCC1.I. The molecular formula is C22H39IN4O2. The van der Waals surface area contributed by atoms with Gasteiger partial charge in [0.2, 0.25) is 0 Å². The zero-order valence-electron chi connectivity index (χ0n) is 18.4.